The number of ether oxygens (including phenoxy) is 2. The van der Waals surface area contributed by atoms with E-state index in [0.29, 0.717) is 39.1 Å². The molecule has 1 aromatic rings. The molecule has 1 aliphatic heterocycles. The average molecular weight is 346 g/mol. The highest BCUT2D eigenvalue weighted by Crippen LogP contribution is 2.19. The molecular formula is C19H26N2O4. The molecule has 0 aromatic heterocycles. The minimum Gasteiger partial charge on any atom is -0.490 e. The molecule has 1 fully saturated rings. The smallest absolute Gasteiger partial charge is 0.309 e. The molecule has 6 heteroatoms. The molecule has 2 rings (SSSR count). The molecule has 0 bridgehead atoms. The van der Waals surface area contributed by atoms with E-state index in [0.717, 1.165) is 11.4 Å². The van der Waals surface area contributed by atoms with Gasteiger partial charge in [-0.2, -0.15) is 0 Å². The number of likely N-dealkylation sites (tertiary alicyclic amines) is 1. The molecule has 25 heavy (non-hydrogen) atoms. The summed E-state index contributed by atoms with van der Waals surface area (Å²) in [6, 6.07) is 7.44. The van der Waals surface area contributed by atoms with Crippen molar-refractivity contribution in [2.45, 2.75) is 19.8 Å². The van der Waals surface area contributed by atoms with Crippen LogP contribution in [-0.4, -0.2) is 49.6 Å². The van der Waals surface area contributed by atoms with Gasteiger partial charge < -0.3 is 19.7 Å². The topological polar surface area (TPSA) is 67.9 Å². The van der Waals surface area contributed by atoms with Gasteiger partial charge in [-0.15, -0.1) is 0 Å². The van der Waals surface area contributed by atoms with Gasteiger partial charge >= 0.3 is 5.97 Å². The number of rotatable bonds is 8. The SMILES string of the molecule is C=CCOc1ccc(NCC(=O)N2CCC(C(=O)OCC)CC2)cc1. The van der Waals surface area contributed by atoms with E-state index in [4.69, 9.17) is 9.47 Å². The summed E-state index contributed by atoms with van der Waals surface area (Å²) in [6.45, 7) is 7.70. The van der Waals surface area contributed by atoms with E-state index in [1.165, 1.54) is 0 Å². The molecule has 0 spiro atoms. The van der Waals surface area contributed by atoms with Crippen LogP contribution in [0, 0.1) is 5.92 Å². The van der Waals surface area contributed by atoms with Crippen molar-refractivity contribution in [1.82, 2.24) is 4.90 Å². The second kappa shape index (κ2) is 9.71. The molecule has 0 saturated carbocycles. The van der Waals surface area contributed by atoms with Crippen molar-refractivity contribution in [3.63, 3.8) is 0 Å². The highest BCUT2D eigenvalue weighted by Gasteiger charge is 2.27. The molecule has 0 aliphatic carbocycles. The summed E-state index contributed by atoms with van der Waals surface area (Å²) < 4.78 is 10.5. The third-order valence-corrected chi connectivity index (χ3v) is 4.13. The van der Waals surface area contributed by atoms with Crippen molar-refractivity contribution < 1.29 is 19.1 Å². The van der Waals surface area contributed by atoms with E-state index < -0.39 is 0 Å². The van der Waals surface area contributed by atoms with Gasteiger partial charge in [0.1, 0.15) is 12.4 Å². The summed E-state index contributed by atoms with van der Waals surface area (Å²) in [5.74, 6) is 0.568. The summed E-state index contributed by atoms with van der Waals surface area (Å²) in [5.41, 5.74) is 0.862. The second-order valence-electron chi connectivity index (χ2n) is 5.88. The summed E-state index contributed by atoms with van der Waals surface area (Å²) >= 11 is 0. The van der Waals surface area contributed by atoms with Gasteiger partial charge in [-0.3, -0.25) is 9.59 Å². The maximum Gasteiger partial charge on any atom is 0.309 e. The quantitative estimate of drug-likeness (QED) is 0.578. The van der Waals surface area contributed by atoms with E-state index in [2.05, 4.69) is 11.9 Å². The second-order valence-corrected chi connectivity index (χ2v) is 5.88. The lowest BCUT2D eigenvalue weighted by Crippen LogP contribution is -2.43. The van der Waals surface area contributed by atoms with Gasteiger partial charge in [0, 0.05) is 18.8 Å². The molecule has 0 unspecified atom stereocenters. The van der Waals surface area contributed by atoms with Crippen LogP contribution in [0.15, 0.2) is 36.9 Å². The van der Waals surface area contributed by atoms with Gasteiger partial charge in [-0.1, -0.05) is 12.7 Å². The Bertz CT molecular complexity index is 578. The van der Waals surface area contributed by atoms with Gasteiger partial charge in [-0.05, 0) is 44.0 Å². The fourth-order valence-electron chi connectivity index (χ4n) is 2.74. The highest BCUT2D eigenvalue weighted by molar-refractivity contribution is 5.81. The number of carbonyl (C=O) groups excluding carboxylic acids is 2. The Hall–Kier alpha value is -2.50. The van der Waals surface area contributed by atoms with Crippen molar-refractivity contribution >= 4 is 17.6 Å². The number of carbonyl (C=O) groups is 2. The maximum absolute atomic E-state index is 12.3. The number of hydrogen-bond donors (Lipinski definition) is 1. The molecule has 1 aromatic carbocycles. The van der Waals surface area contributed by atoms with E-state index in [1.54, 1.807) is 17.9 Å². The maximum atomic E-state index is 12.3. The Kier molecular flexibility index (Phi) is 7.32. The minimum atomic E-state index is -0.147. The first-order chi connectivity index (χ1) is 12.1. The van der Waals surface area contributed by atoms with Crippen LogP contribution in [-0.2, 0) is 14.3 Å². The number of esters is 1. The van der Waals surface area contributed by atoms with Gasteiger partial charge in [0.2, 0.25) is 5.91 Å². The molecule has 6 nitrogen and oxygen atoms in total. The molecule has 136 valence electrons. The van der Waals surface area contributed by atoms with Gasteiger partial charge in [-0.25, -0.2) is 0 Å². The fourth-order valence-corrected chi connectivity index (χ4v) is 2.74. The number of piperidine rings is 1. The van der Waals surface area contributed by atoms with Gasteiger partial charge in [0.25, 0.3) is 0 Å². The summed E-state index contributed by atoms with van der Waals surface area (Å²) in [5, 5.41) is 3.12. The van der Waals surface area contributed by atoms with Crippen LogP contribution >= 0.6 is 0 Å². The van der Waals surface area contributed by atoms with Crippen molar-refractivity contribution in [3.8, 4) is 5.75 Å². The lowest BCUT2D eigenvalue weighted by atomic mass is 9.97. The summed E-state index contributed by atoms with van der Waals surface area (Å²) in [4.78, 5) is 25.8. The monoisotopic (exact) mass is 346 g/mol. The van der Waals surface area contributed by atoms with Crippen LogP contribution in [0.3, 0.4) is 0 Å². The van der Waals surface area contributed by atoms with E-state index in [-0.39, 0.29) is 24.3 Å². The zero-order chi connectivity index (χ0) is 18.1. The average Bonchev–Trinajstić information content (AvgIpc) is 2.65. The molecule has 0 radical (unpaired) electrons. The number of nitrogens with one attached hydrogen (secondary N) is 1. The predicted molar refractivity (Wildman–Crippen MR) is 96.6 cm³/mol. The number of hydrogen-bond acceptors (Lipinski definition) is 5. The first-order valence-corrected chi connectivity index (χ1v) is 8.66. The Morgan fingerprint density at radius 2 is 1.96 bits per heavy atom. The van der Waals surface area contributed by atoms with Crippen molar-refractivity contribution in [2.24, 2.45) is 5.92 Å². The van der Waals surface area contributed by atoms with Gasteiger partial charge in [0.05, 0.1) is 19.1 Å². The van der Waals surface area contributed by atoms with Crippen molar-refractivity contribution in [1.29, 1.82) is 0 Å². The van der Waals surface area contributed by atoms with E-state index in [1.807, 2.05) is 24.3 Å². The van der Waals surface area contributed by atoms with E-state index >= 15 is 0 Å². The molecule has 1 amide bonds. The molecule has 1 saturated heterocycles. The number of benzene rings is 1. The zero-order valence-electron chi connectivity index (χ0n) is 14.7. The van der Waals surface area contributed by atoms with Crippen LogP contribution in [0.5, 0.6) is 5.75 Å². The van der Waals surface area contributed by atoms with Crippen molar-refractivity contribution in [2.75, 3.05) is 38.2 Å². The third-order valence-electron chi connectivity index (χ3n) is 4.13. The first-order valence-electron chi connectivity index (χ1n) is 8.66. The Morgan fingerprint density at radius 3 is 2.56 bits per heavy atom. The molecular weight excluding hydrogens is 320 g/mol. The highest BCUT2D eigenvalue weighted by atomic mass is 16.5. The number of amides is 1. The number of nitrogens with zero attached hydrogens (tertiary/aromatic N) is 1. The summed E-state index contributed by atoms with van der Waals surface area (Å²) in [6.07, 6.45) is 3.02. The van der Waals surface area contributed by atoms with Crippen LogP contribution < -0.4 is 10.1 Å². The Balaban J connectivity index is 1.73. The number of anilines is 1. The summed E-state index contributed by atoms with van der Waals surface area (Å²) in [7, 11) is 0. The van der Waals surface area contributed by atoms with Crippen LogP contribution in [0.1, 0.15) is 19.8 Å². The van der Waals surface area contributed by atoms with Gasteiger partial charge in [0.15, 0.2) is 0 Å². The normalized spacial score (nSPS) is 14.7. The Labute approximate surface area is 148 Å². The first kappa shape index (κ1) is 18.8. The fraction of sp³-hybridized carbons (Fsp3) is 0.474. The standard InChI is InChI=1S/C19H26N2O4/c1-3-13-25-17-7-5-16(6-8-17)20-14-18(22)21-11-9-15(10-12-21)19(23)24-4-2/h3,5-8,15,20H,1,4,9-14H2,2H3. The predicted octanol–water partition coefficient (Wildman–Crippen LogP) is 2.47. The van der Waals surface area contributed by atoms with Crippen LogP contribution in [0.25, 0.3) is 0 Å². The molecule has 1 N–H and O–H groups in total. The molecule has 1 heterocycles. The van der Waals surface area contributed by atoms with Crippen LogP contribution in [0.4, 0.5) is 5.69 Å². The third kappa shape index (κ3) is 5.81. The van der Waals surface area contributed by atoms with Crippen molar-refractivity contribution in [3.05, 3.63) is 36.9 Å². The Morgan fingerprint density at radius 1 is 1.28 bits per heavy atom. The lowest BCUT2D eigenvalue weighted by Gasteiger charge is -2.31. The largest absolute Gasteiger partial charge is 0.490 e. The molecule has 0 atom stereocenters. The lowest BCUT2D eigenvalue weighted by molar-refractivity contribution is -0.151. The minimum absolute atomic E-state index is 0.0364. The zero-order valence-corrected chi connectivity index (χ0v) is 14.7. The van der Waals surface area contributed by atoms with Crippen LogP contribution in [0.2, 0.25) is 0 Å². The van der Waals surface area contributed by atoms with E-state index in [9.17, 15) is 9.59 Å². The molecule has 1 aliphatic rings.